The van der Waals surface area contributed by atoms with E-state index in [9.17, 15) is 18.0 Å². The molecule has 0 saturated carbocycles. The first kappa shape index (κ1) is 16.4. The number of carbonyl (C=O) groups is 2. The van der Waals surface area contributed by atoms with Crippen LogP contribution in [0.3, 0.4) is 0 Å². The molecular weight excluding hydrogens is 352 g/mol. The molecule has 0 spiro atoms. The number of amides is 1. The van der Waals surface area contributed by atoms with Crippen LogP contribution in [0, 0.1) is 0 Å². The molecule has 20 heavy (non-hydrogen) atoms. The molecule has 3 N–H and O–H groups in total. The topological polar surface area (TPSA) is 116 Å². The fourth-order valence-corrected chi connectivity index (χ4v) is 2.85. The van der Waals surface area contributed by atoms with Crippen LogP contribution >= 0.6 is 15.9 Å². The number of sulfone groups is 1. The van der Waals surface area contributed by atoms with E-state index in [4.69, 9.17) is 5.73 Å². The lowest BCUT2D eigenvalue weighted by Crippen LogP contribution is -2.28. The standard InChI is InChI=1S/C11H13BrN2O5S/c1-19-11(16)6-20(17,18)5-10(15)14-9-3-2-7(13)4-8(9)12/h2-4H,5-6,13H2,1H3,(H,14,15). The fourth-order valence-electron chi connectivity index (χ4n) is 1.31. The van der Waals surface area contributed by atoms with Gasteiger partial charge in [-0.15, -0.1) is 0 Å². The molecule has 0 aromatic heterocycles. The van der Waals surface area contributed by atoms with Gasteiger partial charge in [0.15, 0.2) is 9.84 Å². The number of ether oxygens (including phenoxy) is 1. The number of nitrogens with two attached hydrogens (primary N) is 1. The van der Waals surface area contributed by atoms with Crippen molar-refractivity contribution in [1.29, 1.82) is 0 Å². The average Bonchev–Trinajstić information content (AvgIpc) is 2.31. The summed E-state index contributed by atoms with van der Waals surface area (Å²) in [4.78, 5) is 22.5. The number of halogens is 1. The average molecular weight is 365 g/mol. The Morgan fingerprint density at radius 1 is 1.35 bits per heavy atom. The first-order valence-corrected chi connectivity index (χ1v) is 7.97. The third-order valence-corrected chi connectivity index (χ3v) is 4.22. The first-order chi connectivity index (χ1) is 9.23. The van der Waals surface area contributed by atoms with Gasteiger partial charge in [0.2, 0.25) is 5.91 Å². The van der Waals surface area contributed by atoms with Gasteiger partial charge >= 0.3 is 5.97 Å². The largest absolute Gasteiger partial charge is 0.468 e. The van der Waals surface area contributed by atoms with Crippen LogP contribution in [0.15, 0.2) is 22.7 Å². The third-order valence-electron chi connectivity index (χ3n) is 2.18. The molecule has 0 unspecified atom stereocenters. The summed E-state index contributed by atoms with van der Waals surface area (Å²) < 4.78 is 27.9. The predicted molar refractivity (Wildman–Crippen MR) is 77.9 cm³/mol. The molecular formula is C11H13BrN2O5S. The Labute approximate surface area is 124 Å². The second-order valence-electron chi connectivity index (χ2n) is 3.90. The molecule has 0 aliphatic heterocycles. The van der Waals surface area contributed by atoms with Crippen molar-refractivity contribution in [3.8, 4) is 0 Å². The van der Waals surface area contributed by atoms with Crippen molar-refractivity contribution in [2.45, 2.75) is 0 Å². The highest BCUT2D eigenvalue weighted by molar-refractivity contribution is 9.10. The zero-order chi connectivity index (χ0) is 15.3. The number of benzene rings is 1. The molecule has 7 nitrogen and oxygen atoms in total. The van der Waals surface area contributed by atoms with Crippen molar-refractivity contribution in [3.05, 3.63) is 22.7 Å². The van der Waals surface area contributed by atoms with E-state index >= 15 is 0 Å². The monoisotopic (exact) mass is 364 g/mol. The molecule has 1 amide bonds. The van der Waals surface area contributed by atoms with E-state index in [0.29, 0.717) is 15.8 Å². The van der Waals surface area contributed by atoms with Crippen LogP contribution in [-0.2, 0) is 24.2 Å². The lowest BCUT2D eigenvalue weighted by atomic mass is 10.3. The van der Waals surface area contributed by atoms with Crippen molar-refractivity contribution in [3.63, 3.8) is 0 Å². The van der Waals surface area contributed by atoms with E-state index in [1.807, 2.05) is 0 Å². The number of nitrogens with one attached hydrogen (secondary N) is 1. The molecule has 1 aromatic carbocycles. The number of methoxy groups -OCH3 is 1. The quantitative estimate of drug-likeness (QED) is 0.582. The van der Waals surface area contributed by atoms with E-state index in [-0.39, 0.29) is 0 Å². The molecule has 0 aliphatic rings. The second kappa shape index (κ2) is 6.71. The number of hydrogen-bond acceptors (Lipinski definition) is 6. The maximum absolute atomic E-state index is 11.6. The van der Waals surface area contributed by atoms with Gasteiger partial charge in [-0.05, 0) is 34.1 Å². The van der Waals surface area contributed by atoms with Gasteiger partial charge in [0.1, 0.15) is 11.5 Å². The van der Waals surface area contributed by atoms with Gasteiger partial charge in [-0.2, -0.15) is 0 Å². The summed E-state index contributed by atoms with van der Waals surface area (Å²) in [6, 6.07) is 4.66. The Morgan fingerprint density at radius 2 is 2.00 bits per heavy atom. The third kappa shape index (κ3) is 5.17. The normalized spacial score (nSPS) is 10.9. The molecule has 9 heteroatoms. The minimum absolute atomic E-state index is 0.387. The van der Waals surface area contributed by atoms with E-state index in [1.165, 1.54) is 6.07 Å². The molecule has 110 valence electrons. The van der Waals surface area contributed by atoms with E-state index < -0.39 is 33.2 Å². The molecule has 0 radical (unpaired) electrons. The molecule has 0 fully saturated rings. The van der Waals surface area contributed by atoms with Crippen LogP contribution in [0.2, 0.25) is 0 Å². The van der Waals surface area contributed by atoms with E-state index in [1.54, 1.807) is 12.1 Å². The smallest absolute Gasteiger partial charge is 0.320 e. The number of anilines is 2. The first-order valence-electron chi connectivity index (χ1n) is 5.35. The number of rotatable bonds is 5. The van der Waals surface area contributed by atoms with Crippen LogP contribution in [0.1, 0.15) is 0 Å². The minimum Gasteiger partial charge on any atom is -0.468 e. The Hall–Kier alpha value is -1.61. The lowest BCUT2D eigenvalue weighted by molar-refractivity contribution is -0.137. The highest BCUT2D eigenvalue weighted by Crippen LogP contribution is 2.24. The van der Waals surface area contributed by atoms with Gasteiger partial charge in [0.25, 0.3) is 0 Å². The molecule has 0 bridgehead atoms. The summed E-state index contributed by atoms with van der Waals surface area (Å²) in [5.74, 6) is -3.30. The summed E-state index contributed by atoms with van der Waals surface area (Å²) >= 11 is 3.19. The summed E-state index contributed by atoms with van der Waals surface area (Å²) in [6.45, 7) is 0. The van der Waals surface area contributed by atoms with E-state index in [0.717, 1.165) is 7.11 Å². The lowest BCUT2D eigenvalue weighted by Gasteiger charge is -2.08. The zero-order valence-corrected chi connectivity index (χ0v) is 13.0. The predicted octanol–water partition coefficient (Wildman–Crippen LogP) is 0.558. The van der Waals surface area contributed by atoms with Crippen molar-refractivity contribution in [1.82, 2.24) is 0 Å². The minimum atomic E-state index is -3.86. The van der Waals surface area contributed by atoms with Crippen LogP contribution in [-0.4, -0.2) is 38.9 Å². The Bertz CT molecular complexity index is 630. The highest BCUT2D eigenvalue weighted by Gasteiger charge is 2.21. The van der Waals surface area contributed by atoms with Crippen LogP contribution in [0.25, 0.3) is 0 Å². The van der Waals surface area contributed by atoms with Crippen molar-refractivity contribution in [2.24, 2.45) is 0 Å². The highest BCUT2D eigenvalue weighted by atomic mass is 79.9. The van der Waals surface area contributed by atoms with Crippen molar-refractivity contribution < 1.29 is 22.7 Å². The molecule has 0 atom stereocenters. The van der Waals surface area contributed by atoms with Gasteiger partial charge in [0, 0.05) is 10.2 Å². The van der Waals surface area contributed by atoms with Crippen molar-refractivity contribution >= 4 is 49.0 Å². The van der Waals surface area contributed by atoms with Crippen LogP contribution in [0.4, 0.5) is 11.4 Å². The Morgan fingerprint density at radius 3 is 2.55 bits per heavy atom. The SMILES string of the molecule is COC(=O)CS(=O)(=O)CC(=O)Nc1ccc(N)cc1Br. The molecule has 1 rings (SSSR count). The number of hydrogen-bond donors (Lipinski definition) is 2. The number of carbonyl (C=O) groups excluding carboxylic acids is 2. The summed E-state index contributed by atoms with van der Waals surface area (Å²) in [5, 5.41) is 2.41. The molecule has 0 heterocycles. The van der Waals surface area contributed by atoms with E-state index in [2.05, 4.69) is 26.0 Å². The van der Waals surface area contributed by atoms with Gasteiger partial charge in [-0.3, -0.25) is 9.59 Å². The molecule has 0 aliphatic carbocycles. The number of nitrogen functional groups attached to an aromatic ring is 1. The maximum Gasteiger partial charge on any atom is 0.320 e. The molecule has 0 saturated heterocycles. The molecule has 1 aromatic rings. The van der Waals surface area contributed by atoms with Crippen molar-refractivity contribution in [2.75, 3.05) is 29.7 Å². The van der Waals surface area contributed by atoms with Gasteiger partial charge in [0.05, 0.1) is 12.8 Å². The van der Waals surface area contributed by atoms with Crippen LogP contribution < -0.4 is 11.1 Å². The maximum atomic E-state index is 11.6. The Balaban J connectivity index is 2.70. The second-order valence-corrected chi connectivity index (χ2v) is 6.81. The number of esters is 1. The summed E-state index contributed by atoms with van der Waals surface area (Å²) in [5.41, 5.74) is 6.42. The Kier molecular flexibility index (Phi) is 5.52. The van der Waals surface area contributed by atoms with Gasteiger partial charge in [-0.1, -0.05) is 0 Å². The van der Waals surface area contributed by atoms with Crippen LogP contribution in [0.5, 0.6) is 0 Å². The fraction of sp³-hybridized carbons (Fsp3) is 0.273. The zero-order valence-electron chi connectivity index (χ0n) is 10.6. The van der Waals surface area contributed by atoms with Gasteiger partial charge < -0.3 is 15.8 Å². The summed E-state index contributed by atoms with van der Waals surface area (Å²) in [7, 11) is -2.79. The van der Waals surface area contributed by atoms with Gasteiger partial charge in [-0.25, -0.2) is 8.42 Å². The summed E-state index contributed by atoms with van der Waals surface area (Å²) in [6.07, 6.45) is 0.